The number of carbonyl (C=O) groups is 2. The molecule has 0 aliphatic rings. The molecule has 4 aromatic carbocycles. The van der Waals surface area contributed by atoms with Crippen molar-refractivity contribution in [2.75, 3.05) is 21.3 Å². The van der Waals surface area contributed by atoms with Crippen molar-refractivity contribution >= 4 is 24.7 Å². The van der Waals surface area contributed by atoms with E-state index >= 15 is 0 Å². The summed E-state index contributed by atoms with van der Waals surface area (Å²) in [5, 5.41) is 0. The third-order valence-electron chi connectivity index (χ3n) is 5.80. The number of rotatable bonds is 10. The van der Waals surface area contributed by atoms with Gasteiger partial charge in [0.1, 0.15) is 23.5 Å². The van der Waals surface area contributed by atoms with Gasteiger partial charge in [0.25, 0.3) is 0 Å². The van der Waals surface area contributed by atoms with Crippen LogP contribution in [0, 0.1) is 0 Å². The van der Waals surface area contributed by atoms with E-state index in [-0.39, 0.29) is 0 Å². The van der Waals surface area contributed by atoms with E-state index in [1.165, 1.54) is 0 Å². The number of methoxy groups -OCH3 is 3. The lowest BCUT2D eigenvalue weighted by atomic mass is 9.97. The summed E-state index contributed by atoms with van der Waals surface area (Å²) in [6.45, 7) is 0. The summed E-state index contributed by atoms with van der Waals surface area (Å²) in [4.78, 5) is 22.6. The molecule has 0 aliphatic heterocycles. The molecule has 0 saturated carbocycles. The third kappa shape index (κ3) is 5.87. The van der Waals surface area contributed by atoms with Crippen molar-refractivity contribution in [2.24, 2.45) is 0 Å². The van der Waals surface area contributed by atoms with Crippen LogP contribution in [0.1, 0.15) is 31.8 Å². The molecular formula is C31H26O6. The van der Waals surface area contributed by atoms with Crippen molar-refractivity contribution in [1.29, 1.82) is 0 Å². The van der Waals surface area contributed by atoms with Crippen LogP contribution in [-0.4, -0.2) is 33.9 Å². The van der Waals surface area contributed by atoms with Crippen LogP contribution >= 0.6 is 0 Å². The van der Waals surface area contributed by atoms with Gasteiger partial charge >= 0.3 is 0 Å². The molecule has 0 bridgehead atoms. The Balaban J connectivity index is 1.60. The molecule has 0 N–H and O–H groups in total. The highest BCUT2D eigenvalue weighted by molar-refractivity contribution is 5.90. The molecule has 0 fully saturated rings. The second-order valence-electron chi connectivity index (χ2n) is 8.06. The van der Waals surface area contributed by atoms with E-state index in [0.717, 1.165) is 34.8 Å². The molecule has 0 radical (unpaired) electrons. The highest BCUT2D eigenvalue weighted by atomic mass is 16.5. The lowest BCUT2D eigenvalue weighted by molar-refractivity contribution is 0.111. The fourth-order valence-electron chi connectivity index (χ4n) is 3.86. The second kappa shape index (κ2) is 11.7. The van der Waals surface area contributed by atoms with Crippen LogP contribution in [-0.2, 0) is 0 Å². The molecule has 0 amide bonds. The first-order chi connectivity index (χ1) is 18.1. The molecule has 0 aromatic heterocycles. The highest BCUT2D eigenvalue weighted by Crippen LogP contribution is 2.36. The molecule has 4 rings (SSSR count). The molecule has 37 heavy (non-hydrogen) atoms. The fourth-order valence-corrected chi connectivity index (χ4v) is 3.86. The van der Waals surface area contributed by atoms with Crippen molar-refractivity contribution in [3.8, 4) is 39.9 Å². The number of carbonyl (C=O) groups excluding carboxylic acids is 2. The zero-order chi connectivity index (χ0) is 26.2. The Labute approximate surface area is 215 Å². The molecule has 0 spiro atoms. The van der Waals surface area contributed by atoms with Gasteiger partial charge in [-0.3, -0.25) is 9.59 Å². The van der Waals surface area contributed by atoms with Gasteiger partial charge in [-0.15, -0.1) is 0 Å². The molecular weight excluding hydrogens is 468 g/mol. The van der Waals surface area contributed by atoms with Crippen molar-refractivity contribution in [1.82, 2.24) is 0 Å². The van der Waals surface area contributed by atoms with E-state index in [4.69, 9.17) is 18.9 Å². The van der Waals surface area contributed by atoms with E-state index < -0.39 is 0 Å². The first-order valence-corrected chi connectivity index (χ1v) is 11.5. The molecule has 0 unspecified atom stereocenters. The molecule has 4 aromatic rings. The molecule has 0 saturated heterocycles. The second-order valence-corrected chi connectivity index (χ2v) is 8.06. The minimum Gasteiger partial charge on any atom is -0.497 e. The molecule has 6 nitrogen and oxygen atoms in total. The van der Waals surface area contributed by atoms with Gasteiger partial charge in [-0.1, -0.05) is 30.4 Å². The smallest absolute Gasteiger partial charge is 0.169 e. The first-order valence-electron chi connectivity index (χ1n) is 11.5. The number of hydrogen-bond acceptors (Lipinski definition) is 6. The van der Waals surface area contributed by atoms with Gasteiger partial charge in [0, 0.05) is 16.7 Å². The molecule has 0 heterocycles. The average molecular weight is 495 g/mol. The van der Waals surface area contributed by atoms with E-state index in [9.17, 15) is 9.59 Å². The van der Waals surface area contributed by atoms with Crippen LogP contribution in [0.4, 0.5) is 0 Å². The van der Waals surface area contributed by atoms with E-state index in [0.29, 0.717) is 39.9 Å². The number of benzene rings is 4. The monoisotopic (exact) mass is 494 g/mol. The summed E-state index contributed by atoms with van der Waals surface area (Å²) in [5.41, 5.74) is 4.50. The predicted octanol–water partition coefficient (Wildman–Crippen LogP) is 6.97. The Bertz CT molecular complexity index is 1440. The highest BCUT2D eigenvalue weighted by Gasteiger charge is 2.12. The van der Waals surface area contributed by atoms with Crippen LogP contribution in [0.2, 0.25) is 0 Å². The van der Waals surface area contributed by atoms with Gasteiger partial charge in [0.05, 0.1) is 21.3 Å². The van der Waals surface area contributed by atoms with Crippen molar-refractivity contribution in [3.05, 3.63) is 101 Å². The zero-order valence-electron chi connectivity index (χ0n) is 20.8. The van der Waals surface area contributed by atoms with E-state index in [1.54, 1.807) is 51.7 Å². The Kier molecular flexibility index (Phi) is 8.01. The van der Waals surface area contributed by atoms with Crippen LogP contribution < -0.4 is 18.9 Å². The maximum absolute atomic E-state index is 11.7. The van der Waals surface area contributed by atoms with Crippen LogP contribution in [0.15, 0.2) is 78.9 Å². The summed E-state index contributed by atoms with van der Waals surface area (Å²) in [5.74, 6) is 3.00. The first kappa shape index (κ1) is 25.3. The average Bonchev–Trinajstić information content (AvgIpc) is 2.96. The Morgan fingerprint density at radius 3 is 1.73 bits per heavy atom. The Morgan fingerprint density at radius 2 is 1.11 bits per heavy atom. The van der Waals surface area contributed by atoms with Crippen LogP contribution in [0.3, 0.4) is 0 Å². The van der Waals surface area contributed by atoms with Crippen LogP contribution in [0.5, 0.6) is 28.7 Å². The van der Waals surface area contributed by atoms with E-state index in [1.807, 2.05) is 60.7 Å². The van der Waals surface area contributed by atoms with Gasteiger partial charge in [-0.05, 0) is 77.4 Å². The minimum atomic E-state index is 0.521. The van der Waals surface area contributed by atoms with Gasteiger partial charge < -0.3 is 18.9 Å². The maximum Gasteiger partial charge on any atom is 0.169 e. The maximum atomic E-state index is 11.7. The molecule has 0 aliphatic carbocycles. The topological polar surface area (TPSA) is 71.1 Å². The van der Waals surface area contributed by atoms with Gasteiger partial charge in [-0.25, -0.2) is 0 Å². The predicted molar refractivity (Wildman–Crippen MR) is 144 cm³/mol. The van der Waals surface area contributed by atoms with Gasteiger partial charge in [-0.2, -0.15) is 0 Å². The minimum absolute atomic E-state index is 0.521. The van der Waals surface area contributed by atoms with Crippen LogP contribution in [0.25, 0.3) is 23.3 Å². The largest absolute Gasteiger partial charge is 0.497 e. The Hall–Kier alpha value is -4.84. The molecule has 6 heteroatoms. The van der Waals surface area contributed by atoms with Crippen molar-refractivity contribution in [3.63, 3.8) is 0 Å². The van der Waals surface area contributed by atoms with Crippen molar-refractivity contribution < 1.29 is 28.5 Å². The number of ether oxygens (including phenoxy) is 4. The van der Waals surface area contributed by atoms with Gasteiger partial charge in [0.15, 0.2) is 17.8 Å². The fraction of sp³-hybridized carbons (Fsp3) is 0.0968. The SMILES string of the molecule is COc1ccc(-c2ccc(/C=C/c3ccc(OC)c(Oc4ccc(C=O)cc4)c3)cc2OC)c(C=O)c1. The molecule has 186 valence electrons. The lowest BCUT2D eigenvalue weighted by Crippen LogP contribution is -1.94. The molecule has 0 atom stereocenters. The summed E-state index contributed by atoms with van der Waals surface area (Å²) < 4.78 is 22.3. The summed E-state index contributed by atoms with van der Waals surface area (Å²) >= 11 is 0. The van der Waals surface area contributed by atoms with Crippen molar-refractivity contribution in [2.45, 2.75) is 0 Å². The Morgan fingerprint density at radius 1 is 0.514 bits per heavy atom. The summed E-state index contributed by atoms with van der Waals surface area (Å²) in [7, 11) is 4.75. The van der Waals surface area contributed by atoms with E-state index in [2.05, 4.69) is 0 Å². The number of aldehydes is 2. The third-order valence-corrected chi connectivity index (χ3v) is 5.80. The van der Waals surface area contributed by atoms with Gasteiger partial charge in [0.2, 0.25) is 0 Å². The standard InChI is InChI=1S/C31H26O6/c1-34-26-12-14-27(24(18-26)20-33)28-13-8-21(16-30(28)36-3)4-5-22-9-15-29(35-2)31(17-22)37-25-10-6-23(19-32)7-11-25/h4-20H,1-3H3/b5-4+. The normalized spacial score (nSPS) is 10.7. The zero-order valence-corrected chi connectivity index (χ0v) is 20.8. The lowest BCUT2D eigenvalue weighted by Gasteiger charge is -2.13. The summed E-state index contributed by atoms with van der Waals surface area (Å²) in [6.07, 6.45) is 5.52. The summed E-state index contributed by atoms with van der Waals surface area (Å²) in [6, 6.07) is 23.7. The quantitative estimate of drug-likeness (QED) is 0.175. The number of hydrogen-bond donors (Lipinski definition) is 0.